The molecular weight excluding hydrogens is 592 g/mol. The first-order valence-electron chi connectivity index (χ1n) is 17.7. The highest BCUT2D eigenvalue weighted by molar-refractivity contribution is 5.84. The predicted molar refractivity (Wildman–Crippen MR) is 197 cm³/mol. The van der Waals surface area contributed by atoms with E-state index in [-0.39, 0.29) is 23.0 Å². The van der Waals surface area contributed by atoms with Gasteiger partial charge in [-0.05, 0) is 64.3 Å². The van der Waals surface area contributed by atoms with Crippen LogP contribution in [0.2, 0.25) is 0 Å². The Labute approximate surface area is 288 Å². The fraction of sp³-hybridized carbons (Fsp3) is 0.465. The zero-order valence-corrected chi connectivity index (χ0v) is 30.4. The third-order valence-electron chi connectivity index (χ3n) is 11.1. The van der Waals surface area contributed by atoms with Crippen LogP contribution in [-0.2, 0) is 28.7 Å². The average Bonchev–Trinajstić information content (AvgIpc) is 3.07. The van der Waals surface area contributed by atoms with Gasteiger partial charge in [0.05, 0.1) is 39.4 Å². The van der Waals surface area contributed by atoms with Gasteiger partial charge in [0.25, 0.3) is 0 Å². The number of ether oxygens (including phenoxy) is 3. The Bertz CT molecular complexity index is 1720. The molecule has 7 rings (SSSR count). The van der Waals surface area contributed by atoms with Crippen molar-refractivity contribution in [3.8, 4) is 11.5 Å². The fourth-order valence-corrected chi connectivity index (χ4v) is 8.53. The van der Waals surface area contributed by atoms with Gasteiger partial charge in [-0.3, -0.25) is 4.98 Å². The van der Waals surface area contributed by atoms with Gasteiger partial charge in [-0.1, -0.05) is 78.0 Å². The molecule has 0 saturated carbocycles. The number of fused-ring (bicyclic) bond motifs is 4. The van der Waals surface area contributed by atoms with Gasteiger partial charge < -0.3 is 18.7 Å². The maximum absolute atomic E-state index is 7.18. The molecule has 3 saturated heterocycles. The molecule has 3 aliphatic rings. The van der Waals surface area contributed by atoms with E-state index in [4.69, 9.17) is 19.2 Å². The first-order valence-corrected chi connectivity index (χ1v) is 17.7. The molecule has 2 bridgehead atoms. The monoisotopic (exact) mass is 647 g/mol. The quantitative estimate of drug-likeness (QED) is 0.127. The number of benzene rings is 3. The number of hydrogen-bond donors (Lipinski definition) is 0. The second-order valence-corrected chi connectivity index (χ2v) is 16.3. The van der Waals surface area contributed by atoms with Crippen LogP contribution in [0, 0.1) is 11.8 Å². The van der Waals surface area contributed by atoms with Crippen molar-refractivity contribution in [3.05, 3.63) is 113 Å². The molecular formula is C43H55N2O3+. The maximum Gasteiger partial charge on any atom is 0.135 e. The number of pyridine rings is 1. The van der Waals surface area contributed by atoms with E-state index in [1.165, 1.54) is 34.2 Å². The van der Waals surface area contributed by atoms with E-state index in [0.717, 1.165) is 52.9 Å². The predicted octanol–water partition coefficient (Wildman–Crippen LogP) is 9.72. The number of quaternary nitrogens is 1. The standard InChI is InChI=1S/C43H55N2O3/c1-10-31-27-45(26-30-22-36(42(2,3)4)41(47-9)37(23-30)43(5,6)7)21-19-32(31)24-39(45)40(48-28-29-14-12-11-13-15-29)34-18-20-44-38-17-16-33(46-8)25-35(34)38/h10-18,20,22-23,25,31-32,39-40H,1,19,21,24,26-28H2,2-9H3/q+1/t31-,32-,39-,40+,45+/m0/s1. The van der Waals surface area contributed by atoms with Crippen LogP contribution in [0.15, 0.2) is 85.6 Å². The summed E-state index contributed by atoms with van der Waals surface area (Å²) in [4.78, 5) is 4.76. The SMILES string of the molecule is C=C[C@H]1C[N@+]2(Cc3cc(C(C)(C)C)c(OC)c(C(C)(C)C)c3)CC[C@H]1C[C@H]2[C@H](OCc1ccccc1)c1ccnc2ccc(OC)cc12. The summed E-state index contributed by atoms with van der Waals surface area (Å²) in [6.07, 6.45) is 6.36. The van der Waals surface area contributed by atoms with Crippen molar-refractivity contribution in [2.24, 2.45) is 11.8 Å². The van der Waals surface area contributed by atoms with Crippen LogP contribution in [0.5, 0.6) is 11.5 Å². The Hall–Kier alpha value is -3.67. The zero-order chi connectivity index (χ0) is 34.3. The van der Waals surface area contributed by atoms with E-state index < -0.39 is 0 Å². The summed E-state index contributed by atoms with van der Waals surface area (Å²) in [7, 11) is 3.55. The lowest BCUT2D eigenvalue weighted by molar-refractivity contribution is -0.985. The summed E-state index contributed by atoms with van der Waals surface area (Å²) in [5.74, 6) is 2.95. The summed E-state index contributed by atoms with van der Waals surface area (Å²) in [6.45, 7) is 21.8. The van der Waals surface area contributed by atoms with Gasteiger partial charge in [-0.15, -0.1) is 6.58 Å². The second-order valence-electron chi connectivity index (χ2n) is 16.3. The minimum atomic E-state index is -0.126. The summed E-state index contributed by atoms with van der Waals surface area (Å²) >= 11 is 0. The number of nitrogens with zero attached hydrogens (tertiary/aromatic N) is 2. The lowest BCUT2D eigenvalue weighted by Gasteiger charge is -2.58. The van der Waals surface area contributed by atoms with E-state index in [9.17, 15) is 0 Å². The molecule has 0 spiro atoms. The molecule has 5 atom stereocenters. The molecule has 3 aromatic carbocycles. The second kappa shape index (κ2) is 13.3. The van der Waals surface area contributed by atoms with E-state index in [1.807, 2.05) is 19.4 Å². The van der Waals surface area contributed by atoms with Crippen LogP contribution in [0.3, 0.4) is 0 Å². The first kappa shape index (κ1) is 34.2. The van der Waals surface area contributed by atoms with Gasteiger partial charge in [0.2, 0.25) is 0 Å². The molecule has 4 heterocycles. The van der Waals surface area contributed by atoms with Gasteiger partial charge in [0, 0.05) is 47.0 Å². The minimum Gasteiger partial charge on any atom is -0.497 e. The first-order chi connectivity index (χ1) is 22.9. The molecule has 48 heavy (non-hydrogen) atoms. The molecule has 3 fully saturated rings. The van der Waals surface area contributed by atoms with E-state index in [1.54, 1.807) is 7.11 Å². The highest BCUT2D eigenvalue weighted by atomic mass is 16.5. The number of rotatable bonds is 10. The van der Waals surface area contributed by atoms with E-state index in [0.29, 0.717) is 18.4 Å². The van der Waals surface area contributed by atoms with E-state index >= 15 is 0 Å². The zero-order valence-electron chi connectivity index (χ0n) is 30.4. The summed E-state index contributed by atoms with van der Waals surface area (Å²) < 4.78 is 20.0. The molecule has 1 aromatic heterocycles. The smallest absolute Gasteiger partial charge is 0.135 e. The summed E-state index contributed by atoms with van der Waals surface area (Å²) in [5, 5.41) is 1.10. The van der Waals surface area contributed by atoms with Crippen molar-refractivity contribution < 1.29 is 18.7 Å². The topological polar surface area (TPSA) is 40.6 Å². The largest absolute Gasteiger partial charge is 0.497 e. The minimum absolute atomic E-state index is 0.0599. The number of piperidine rings is 3. The van der Waals surface area contributed by atoms with Crippen molar-refractivity contribution in [3.63, 3.8) is 0 Å². The lowest BCUT2D eigenvalue weighted by Crippen LogP contribution is -2.67. The normalized spacial score (nSPS) is 23.2. The molecule has 254 valence electrons. The van der Waals surface area contributed by atoms with Crippen molar-refractivity contribution in [2.75, 3.05) is 27.3 Å². The third-order valence-corrected chi connectivity index (χ3v) is 11.1. The molecule has 5 heteroatoms. The molecule has 0 radical (unpaired) electrons. The summed E-state index contributed by atoms with van der Waals surface area (Å²) in [6, 6.07) is 24.1. The number of hydrogen-bond acceptors (Lipinski definition) is 4. The van der Waals surface area contributed by atoms with Crippen molar-refractivity contribution >= 4 is 10.9 Å². The van der Waals surface area contributed by atoms with Crippen LogP contribution in [0.4, 0.5) is 0 Å². The highest BCUT2D eigenvalue weighted by Crippen LogP contribution is 2.50. The van der Waals surface area contributed by atoms with Crippen LogP contribution in [0.25, 0.3) is 10.9 Å². The van der Waals surface area contributed by atoms with Gasteiger partial charge in [-0.25, -0.2) is 0 Å². The highest BCUT2D eigenvalue weighted by Gasteiger charge is 2.55. The van der Waals surface area contributed by atoms with Gasteiger partial charge in [0.15, 0.2) is 0 Å². The van der Waals surface area contributed by atoms with Crippen molar-refractivity contribution in [1.29, 1.82) is 0 Å². The Morgan fingerprint density at radius 1 is 0.896 bits per heavy atom. The molecule has 0 unspecified atom stereocenters. The molecule has 5 nitrogen and oxygen atoms in total. The maximum atomic E-state index is 7.18. The van der Waals surface area contributed by atoms with Gasteiger partial charge in [-0.2, -0.15) is 0 Å². The van der Waals surface area contributed by atoms with Gasteiger partial charge in [0.1, 0.15) is 30.2 Å². The molecule has 0 N–H and O–H groups in total. The van der Waals surface area contributed by atoms with Crippen LogP contribution in [0.1, 0.15) is 88.3 Å². The van der Waals surface area contributed by atoms with Crippen LogP contribution < -0.4 is 9.47 Å². The average molecular weight is 648 g/mol. The Kier molecular flexibility index (Phi) is 9.50. The third kappa shape index (κ3) is 6.64. The number of methoxy groups -OCH3 is 2. The van der Waals surface area contributed by atoms with Crippen LogP contribution >= 0.6 is 0 Å². The number of aromatic nitrogens is 1. The van der Waals surface area contributed by atoms with Crippen molar-refractivity contribution in [1.82, 2.24) is 4.98 Å². The molecule has 0 aliphatic carbocycles. The van der Waals surface area contributed by atoms with Gasteiger partial charge >= 0.3 is 0 Å². The summed E-state index contributed by atoms with van der Waals surface area (Å²) in [5.41, 5.74) is 7.16. The van der Waals surface area contributed by atoms with E-state index in [2.05, 4.69) is 115 Å². The Morgan fingerprint density at radius 2 is 1.60 bits per heavy atom. The van der Waals surface area contributed by atoms with Crippen molar-refractivity contribution in [2.45, 2.75) is 90.5 Å². The van der Waals surface area contributed by atoms with Crippen LogP contribution in [-0.4, -0.2) is 42.8 Å². The lowest BCUT2D eigenvalue weighted by atomic mass is 9.70. The fourth-order valence-electron chi connectivity index (χ4n) is 8.53. The molecule has 4 aromatic rings. The molecule has 3 aliphatic heterocycles. The molecule has 0 amide bonds. The Morgan fingerprint density at radius 3 is 2.23 bits per heavy atom. The Balaban J connectivity index is 1.51.